The van der Waals surface area contributed by atoms with E-state index in [1.54, 1.807) is 17.1 Å². The number of likely N-dealkylation sites (tertiary alicyclic amines) is 1. The maximum Gasteiger partial charge on any atom is 0.312 e. The van der Waals surface area contributed by atoms with Crippen molar-refractivity contribution in [1.29, 1.82) is 0 Å². The number of ether oxygens (including phenoxy) is 2. The summed E-state index contributed by atoms with van der Waals surface area (Å²) in [7, 11) is 0. The minimum absolute atomic E-state index is 0.227. The van der Waals surface area contributed by atoms with Gasteiger partial charge in [0.05, 0.1) is 30.8 Å². The lowest BCUT2D eigenvalue weighted by Crippen LogP contribution is -2.57. The molecular formula is C32H44N2O6. The zero-order chi connectivity index (χ0) is 28.9. The molecule has 3 aliphatic heterocycles. The van der Waals surface area contributed by atoms with Gasteiger partial charge in [0.1, 0.15) is 17.6 Å². The molecule has 8 nitrogen and oxygen atoms in total. The first-order valence-corrected chi connectivity index (χ1v) is 14.6. The highest BCUT2D eigenvalue weighted by molar-refractivity contribution is 5.98. The van der Waals surface area contributed by atoms with E-state index in [0.717, 1.165) is 31.2 Å². The van der Waals surface area contributed by atoms with E-state index in [0.29, 0.717) is 32.4 Å². The van der Waals surface area contributed by atoms with Crippen molar-refractivity contribution < 1.29 is 29.0 Å². The zero-order valence-corrected chi connectivity index (χ0v) is 23.9. The Morgan fingerprint density at radius 1 is 1.20 bits per heavy atom. The SMILES string of the molecule is C=CCCCOC(=O)[C@@H]1[C@H]2C(=O)N([C@H](CO)c3ccccc3)C(C(=O)N(CC=C)CCCCC)C23CC[C@@]1(C)O3. The molecule has 1 N–H and O–H groups in total. The number of esters is 1. The van der Waals surface area contributed by atoms with E-state index in [-0.39, 0.29) is 25.0 Å². The Morgan fingerprint density at radius 2 is 1.95 bits per heavy atom. The Morgan fingerprint density at radius 3 is 2.60 bits per heavy atom. The van der Waals surface area contributed by atoms with Crippen LogP contribution in [0, 0.1) is 11.8 Å². The highest BCUT2D eigenvalue weighted by atomic mass is 16.6. The molecule has 0 radical (unpaired) electrons. The summed E-state index contributed by atoms with van der Waals surface area (Å²) in [6.07, 6.45) is 8.64. The molecule has 40 heavy (non-hydrogen) atoms. The Bertz CT molecular complexity index is 1090. The standard InChI is InChI=1S/C32H44N2O6/c1-5-8-13-20-33(19-7-3)29(37)27-32-18-17-31(4,40-32)26(30(38)39-21-14-9-6-2)25(32)28(36)34(27)24(22-35)23-15-11-10-12-16-23/h6-7,10-12,15-16,24-27,35H,2-3,5,8-9,13-14,17-22H2,1,4H3/t24-,25+,26+,27?,31-,32?/m1/s1. The molecule has 8 heteroatoms. The number of amides is 2. The molecule has 218 valence electrons. The number of hydrogen-bond donors (Lipinski definition) is 1. The van der Waals surface area contributed by atoms with E-state index in [9.17, 15) is 19.5 Å². The molecule has 3 heterocycles. The summed E-state index contributed by atoms with van der Waals surface area (Å²) in [6.45, 7) is 12.3. The Balaban J connectivity index is 1.76. The summed E-state index contributed by atoms with van der Waals surface area (Å²) in [4.78, 5) is 45.7. The van der Waals surface area contributed by atoms with E-state index in [1.165, 1.54) is 4.90 Å². The molecule has 3 fully saturated rings. The third-order valence-corrected chi connectivity index (χ3v) is 8.89. The van der Waals surface area contributed by atoms with E-state index >= 15 is 0 Å². The molecule has 0 aromatic heterocycles. The Kier molecular flexibility index (Phi) is 9.52. The van der Waals surface area contributed by atoms with Crippen molar-refractivity contribution in [3.05, 3.63) is 61.2 Å². The molecule has 0 aliphatic carbocycles. The van der Waals surface area contributed by atoms with Gasteiger partial charge in [-0.05, 0) is 44.6 Å². The largest absolute Gasteiger partial charge is 0.465 e. The van der Waals surface area contributed by atoms with E-state index in [2.05, 4.69) is 20.1 Å². The van der Waals surface area contributed by atoms with Crippen molar-refractivity contribution in [3.63, 3.8) is 0 Å². The Labute approximate surface area is 238 Å². The molecule has 3 saturated heterocycles. The second kappa shape index (κ2) is 12.7. The van der Waals surface area contributed by atoms with Crippen molar-refractivity contribution in [2.24, 2.45) is 11.8 Å². The predicted molar refractivity (Wildman–Crippen MR) is 152 cm³/mol. The van der Waals surface area contributed by atoms with Gasteiger partial charge in [-0.25, -0.2) is 0 Å². The fraction of sp³-hybridized carbons (Fsp3) is 0.594. The molecule has 1 aromatic carbocycles. The van der Waals surface area contributed by atoms with Crippen LogP contribution in [-0.4, -0.2) is 76.2 Å². The average molecular weight is 553 g/mol. The number of aliphatic hydroxyl groups is 1. The topological polar surface area (TPSA) is 96.4 Å². The molecular weight excluding hydrogens is 508 g/mol. The summed E-state index contributed by atoms with van der Waals surface area (Å²) in [5.74, 6) is -2.74. The first-order valence-electron chi connectivity index (χ1n) is 14.6. The number of nitrogens with zero attached hydrogens (tertiary/aromatic N) is 2. The highest BCUT2D eigenvalue weighted by Gasteiger charge is 2.79. The number of aliphatic hydroxyl groups excluding tert-OH is 1. The van der Waals surface area contributed by atoms with Crippen LogP contribution in [-0.2, 0) is 23.9 Å². The molecule has 1 spiro atoms. The van der Waals surface area contributed by atoms with Gasteiger partial charge in [-0.2, -0.15) is 0 Å². The van der Waals surface area contributed by atoms with Crippen LogP contribution in [0.1, 0.15) is 70.4 Å². The fourth-order valence-electron chi connectivity index (χ4n) is 7.03. The van der Waals surface area contributed by atoms with Gasteiger partial charge in [0.25, 0.3) is 0 Å². The first kappa shape index (κ1) is 30.0. The highest BCUT2D eigenvalue weighted by Crippen LogP contribution is 2.64. The van der Waals surface area contributed by atoms with E-state index in [4.69, 9.17) is 9.47 Å². The van der Waals surface area contributed by atoms with Crippen LogP contribution in [0.2, 0.25) is 0 Å². The predicted octanol–water partition coefficient (Wildman–Crippen LogP) is 4.20. The quantitative estimate of drug-likeness (QED) is 0.199. The van der Waals surface area contributed by atoms with Gasteiger partial charge in [0, 0.05) is 13.1 Å². The van der Waals surface area contributed by atoms with Gasteiger partial charge >= 0.3 is 5.97 Å². The normalized spacial score (nSPS) is 29.2. The number of carbonyl (C=O) groups is 3. The van der Waals surface area contributed by atoms with Gasteiger partial charge in [0.15, 0.2) is 0 Å². The monoisotopic (exact) mass is 552 g/mol. The molecule has 1 aromatic rings. The fourth-order valence-corrected chi connectivity index (χ4v) is 7.03. The van der Waals surface area contributed by atoms with Gasteiger partial charge in [-0.15, -0.1) is 13.2 Å². The summed E-state index contributed by atoms with van der Waals surface area (Å²) in [5.41, 5.74) is -1.37. The molecule has 2 bridgehead atoms. The lowest BCUT2D eigenvalue weighted by Gasteiger charge is -2.39. The summed E-state index contributed by atoms with van der Waals surface area (Å²) in [6, 6.07) is 7.49. The van der Waals surface area contributed by atoms with Crippen molar-refractivity contribution in [2.45, 2.75) is 82.1 Å². The summed E-state index contributed by atoms with van der Waals surface area (Å²) < 4.78 is 12.4. The van der Waals surface area contributed by atoms with Gasteiger partial charge in [0.2, 0.25) is 11.8 Å². The molecule has 2 unspecified atom stereocenters. The van der Waals surface area contributed by atoms with Gasteiger partial charge < -0.3 is 24.4 Å². The van der Waals surface area contributed by atoms with Crippen LogP contribution >= 0.6 is 0 Å². The van der Waals surface area contributed by atoms with Crippen molar-refractivity contribution in [2.75, 3.05) is 26.3 Å². The number of carbonyl (C=O) groups excluding carboxylic acids is 3. The van der Waals surface area contributed by atoms with Crippen molar-refractivity contribution >= 4 is 17.8 Å². The molecule has 2 amide bonds. The minimum atomic E-state index is -1.18. The smallest absolute Gasteiger partial charge is 0.312 e. The molecule has 0 saturated carbocycles. The van der Waals surface area contributed by atoms with Crippen LogP contribution in [0.3, 0.4) is 0 Å². The van der Waals surface area contributed by atoms with E-state index < -0.39 is 41.1 Å². The number of benzene rings is 1. The van der Waals surface area contributed by atoms with E-state index in [1.807, 2.05) is 37.3 Å². The van der Waals surface area contributed by atoms with Crippen LogP contribution in [0.25, 0.3) is 0 Å². The van der Waals surface area contributed by atoms with Crippen LogP contribution in [0.4, 0.5) is 0 Å². The number of rotatable bonds is 15. The summed E-state index contributed by atoms with van der Waals surface area (Å²) >= 11 is 0. The number of unbranched alkanes of at least 4 members (excludes halogenated alkanes) is 3. The van der Waals surface area contributed by atoms with Crippen molar-refractivity contribution in [1.82, 2.24) is 9.80 Å². The Hall–Kier alpha value is -2.97. The number of fused-ring (bicyclic) bond motifs is 1. The molecule has 3 aliphatic rings. The lowest BCUT2D eigenvalue weighted by atomic mass is 9.66. The first-order chi connectivity index (χ1) is 19.3. The third-order valence-electron chi connectivity index (χ3n) is 8.89. The number of hydrogen-bond acceptors (Lipinski definition) is 6. The van der Waals surface area contributed by atoms with Gasteiger partial charge in [-0.3, -0.25) is 14.4 Å². The number of allylic oxidation sites excluding steroid dienone is 1. The third kappa shape index (κ3) is 5.23. The second-order valence-electron chi connectivity index (χ2n) is 11.5. The lowest BCUT2D eigenvalue weighted by molar-refractivity contribution is -0.162. The molecule has 6 atom stereocenters. The maximum atomic E-state index is 14.5. The average Bonchev–Trinajstić information content (AvgIpc) is 3.52. The summed E-state index contributed by atoms with van der Waals surface area (Å²) in [5, 5.41) is 10.6. The van der Waals surface area contributed by atoms with Gasteiger partial charge in [-0.1, -0.05) is 62.2 Å². The minimum Gasteiger partial charge on any atom is -0.465 e. The zero-order valence-electron chi connectivity index (χ0n) is 23.9. The van der Waals surface area contributed by atoms with Crippen LogP contribution in [0.5, 0.6) is 0 Å². The maximum absolute atomic E-state index is 14.5. The second-order valence-corrected chi connectivity index (χ2v) is 11.5. The van der Waals surface area contributed by atoms with Crippen LogP contribution < -0.4 is 0 Å². The van der Waals surface area contributed by atoms with Crippen molar-refractivity contribution in [3.8, 4) is 0 Å². The molecule has 4 rings (SSSR count). The van der Waals surface area contributed by atoms with Crippen LogP contribution in [0.15, 0.2) is 55.6 Å².